The zero-order valence-corrected chi connectivity index (χ0v) is 7.85. The molecule has 2 nitrogen and oxygen atoms in total. The zero-order valence-electron chi connectivity index (χ0n) is 6.27. The second kappa shape index (κ2) is 3.55. The molecule has 1 aromatic rings. The van der Waals surface area contributed by atoms with Gasteiger partial charge in [0.05, 0.1) is 17.1 Å². The Kier molecular flexibility index (Phi) is 2.66. The summed E-state index contributed by atoms with van der Waals surface area (Å²) in [5.41, 5.74) is 0.258. The molecule has 0 bridgehead atoms. The molecule has 62 valence electrons. The molecule has 0 amide bonds. The maximum Gasteiger partial charge on any atom is 0.180 e. The van der Waals surface area contributed by atoms with Crippen molar-refractivity contribution in [1.29, 1.82) is 5.26 Å². The van der Waals surface area contributed by atoms with Gasteiger partial charge >= 0.3 is 0 Å². The van der Waals surface area contributed by atoms with E-state index in [9.17, 15) is 4.39 Å². The lowest BCUT2D eigenvalue weighted by molar-refractivity contribution is 0.385. The number of methoxy groups -OCH3 is 1. The van der Waals surface area contributed by atoms with Crippen LogP contribution in [0.25, 0.3) is 0 Å². The molecule has 0 aliphatic carbocycles. The van der Waals surface area contributed by atoms with E-state index in [0.29, 0.717) is 0 Å². The molecule has 4 heteroatoms. The molecule has 0 unspecified atom stereocenters. The lowest BCUT2D eigenvalue weighted by atomic mass is 10.2. The fourth-order valence-electron chi connectivity index (χ4n) is 0.776. The highest BCUT2D eigenvalue weighted by Crippen LogP contribution is 2.27. The van der Waals surface area contributed by atoms with E-state index in [2.05, 4.69) is 15.9 Å². The van der Waals surface area contributed by atoms with Crippen molar-refractivity contribution in [2.45, 2.75) is 0 Å². The van der Waals surface area contributed by atoms with Crippen LogP contribution in [0.2, 0.25) is 0 Å². The van der Waals surface area contributed by atoms with Crippen molar-refractivity contribution in [1.82, 2.24) is 0 Å². The number of nitrogens with zero attached hydrogens (tertiary/aromatic N) is 1. The minimum atomic E-state index is -0.545. The van der Waals surface area contributed by atoms with E-state index >= 15 is 0 Å². The number of halogens is 2. The van der Waals surface area contributed by atoms with Crippen molar-refractivity contribution in [3.8, 4) is 11.8 Å². The Bertz CT molecular complexity index is 346. The van der Waals surface area contributed by atoms with Crippen LogP contribution < -0.4 is 4.74 Å². The summed E-state index contributed by atoms with van der Waals surface area (Å²) in [7, 11) is 1.37. The van der Waals surface area contributed by atoms with Crippen LogP contribution in [0.4, 0.5) is 4.39 Å². The van der Waals surface area contributed by atoms with Crippen molar-refractivity contribution in [2.75, 3.05) is 7.11 Å². The zero-order chi connectivity index (χ0) is 9.14. The van der Waals surface area contributed by atoms with Crippen molar-refractivity contribution >= 4 is 15.9 Å². The molecule has 0 heterocycles. The van der Waals surface area contributed by atoms with Crippen LogP contribution in [0.15, 0.2) is 16.6 Å². The van der Waals surface area contributed by atoms with Crippen LogP contribution in [0.1, 0.15) is 5.56 Å². The molecule has 0 radical (unpaired) electrons. The largest absolute Gasteiger partial charge is 0.494 e. The van der Waals surface area contributed by atoms with Gasteiger partial charge in [-0.1, -0.05) is 0 Å². The molecular weight excluding hydrogens is 225 g/mol. The van der Waals surface area contributed by atoms with E-state index in [0.717, 1.165) is 0 Å². The number of ether oxygens (including phenoxy) is 1. The van der Waals surface area contributed by atoms with Crippen LogP contribution in [0.3, 0.4) is 0 Å². The molecule has 0 aliphatic heterocycles. The van der Waals surface area contributed by atoms with Crippen LogP contribution in [-0.4, -0.2) is 7.11 Å². The molecule has 12 heavy (non-hydrogen) atoms. The van der Waals surface area contributed by atoms with Gasteiger partial charge in [-0.3, -0.25) is 0 Å². The van der Waals surface area contributed by atoms with Crippen LogP contribution >= 0.6 is 15.9 Å². The van der Waals surface area contributed by atoms with E-state index < -0.39 is 5.82 Å². The summed E-state index contributed by atoms with van der Waals surface area (Å²) in [6, 6.07) is 4.75. The summed E-state index contributed by atoms with van der Waals surface area (Å²) < 4.78 is 18.0. The molecule has 0 aliphatic rings. The number of hydrogen-bond donors (Lipinski definition) is 0. The molecular formula is C8H5BrFNO. The normalized spacial score (nSPS) is 9.17. The van der Waals surface area contributed by atoms with Crippen LogP contribution in [0, 0.1) is 17.1 Å². The molecule has 0 saturated heterocycles. The average molecular weight is 230 g/mol. The van der Waals surface area contributed by atoms with E-state index in [1.165, 1.54) is 19.2 Å². The lowest BCUT2D eigenvalue weighted by Crippen LogP contribution is -1.90. The van der Waals surface area contributed by atoms with Crippen molar-refractivity contribution < 1.29 is 9.13 Å². The fourth-order valence-corrected chi connectivity index (χ4v) is 1.19. The average Bonchev–Trinajstić information content (AvgIpc) is 2.10. The van der Waals surface area contributed by atoms with Crippen LogP contribution in [-0.2, 0) is 0 Å². The highest BCUT2D eigenvalue weighted by atomic mass is 79.9. The van der Waals surface area contributed by atoms with Gasteiger partial charge in [0.1, 0.15) is 6.07 Å². The predicted molar refractivity (Wildman–Crippen MR) is 45.4 cm³/mol. The lowest BCUT2D eigenvalue weighted by Gasteiger charge is -2.03. The van der Waals surface area contributed by atoms with Crippen molar-refractivity contribution in [3.63, 3.8) is 0 Å². The standard InChI is InChI=1S/C8H5BrFNO/c1-12-6-3-2-5(4-11)7(9)8(6)10/h2-3H,1H3. The van der Waals surface area contributed by atoms with E-state index in [1.54, 1.807) is 0 Å². The highest BCUT2D eigenvalue weighted by molar-refractivity contribution is 9.10. The maximum absolute atomic E-state index is 13.1. The second-order valence-electron chi connectivity index (χ2n) is 2.06. The number of nitriles is 1. The Morgan fingerprint density at radius 2 is 2.25 bits per heavy atom. The summed E-state index contributed by atoms with van der Waals surface area (Å²) in [6.07, 6.45) is 0. The minimum absolute atomic E-state index is 0.126. The first-order valence-corrected chi connectivity index (χ1v) is 3.92. The quantitative estimate of drug-likeness (QED) is 0.742. The van der Waals surface area contributed by atoms with Gasteiger partial charge < -0.3 is 4.74 Å². The molecule has 0 aromatic heterocycles. The van der Waals surface area contributed by atoms with Crippen molar-refractivity contribution in [2.24, 2.45) is 0 Å². The summed E-state index contributed by atoms with van der Waals surface area (Å²) in [5.74, 6) is -0.419. The molecule has 0 atom stereocenters. The van der Waals surface area contributed by atoms with Gasteiger partial charge in [-0.15, -0.1) is 0 Å². The number of benzene rings is 1. The van der Waals surface area contributed by atoms with E-state index in [-0.39, 0.29) is 15.8 Å². The molecule has 0 saturated carbocycles. The van der Waals surface area contributed by atoms with Gasteiger partial charge in [-0.05, 0) is 28.1 Å². The highest BCUT2D eigenvalue weighted by Gasteiger charge is 2.10. The first-order chi connectivity index (χ1) is 5.70. The molecule has 1 aromatic carbocycles. The first kappa shape index (κ1) is 9.01. The summed E-state index contributed by atoms with van der Waals surface area (Å²) in [6.45, 7) is 0. The summed E-state index contributed by atoms with van der Waals surface area (Å²) in [4.78, 5) is 0. The van der Waals surface area contributed by atoms with Crippen LogP contribution in [0.5, 0.6) is 5.75 Å². The number of hydrogen-bond acceptors (Lipinski definition) is 2. The van der Waals surface area contributed by atoms with Gasteiger partial charge in [0.25, 0.3) is 0 Å². The Morgan fingerprint density at radius 1 is 1.58 bits per heavy atom. The van der Waals surface area contributed by atoms with Gasteiger partial charge in [0, 0.05) is 0 Å². The van der Waals surface area contributed by atoms with Gasteiger partial charge in [-0.25, -0.2) is 4.39 Å². The second-order valence-corrected chi connectivity index (χ2v) is 2.85. The van der Waals surface area contributed by atoms with E-state index in [1.807, 2.05) is 6.07 Å². The maximum atomic E-state index is 13.1. The smallest absolute Gasteiger partial charge is 0.180 e. The van der Waals surface area contributed by atoms with Gasteiger partial charge in [-0.2, -0.15) is 5.26 Å². The topological polar surface area (TPSA) is 33.0 Å². The summed E-state index contributed by atoms with van der Waals surface area (Å²) in [5, 5.41) is 8.52. The molecule has 0 N–H and O–H groups in total. The molecule has 1 rings (SSSR count). The first-order valence-electron chi connectivity index (χ1n) is 3.12. The fraction of sp³-hybridized carbons (Fsp3) is 0.125. The Morgan fingerprint density at radius 3 is 2.75 bits per heavy atom. The third kappa shape index (κ3) is 1.41. The SMILES string of the molecule is COc1ccc(C#N)c(Br)c1F. The summed E-state index contributed by atoms with van der Waals surface area (Å²) >= 11 is 2.95. The van der Waals surface area contributed by atoms with Crippen molar-refractivity contribution in [3.05, 3.63) is 28.0 Å². The third-order valence-corrected chi connectivity index (χ3v) is 2.16. The monoisotopic (exact) mass is 229 g/mol. The Hall–Kier alpha value is -1.08. The molecule has 0 spiro atoms. The van der Waals surface area contributed by atoms with Gasteiger partial charge in [0.2, 0.25) is 0 Å². The third-order valence-electron chi connectivity index (χ3n) is 1.39. The molecule has 0 fully saturated rings. The number of rotatable bonds is 1. The minimum Gasteiger partial charge on any atom is -0.494 e. The van der Waals surface area contributed by atoms with E-state index in [4.69, 9.17) is 10.00 Å². The predicted octanol–water partition coefficient (Wildman–Crippen LogP) is 2.47. The van der Waals surface area contributed by atoms with Gasteiger partial charge in [0.15, 0.2) is 11.6 Å². The Labute approximate surface area is 77.7 Å². The Balaban J connectivity index is 3.32.